The van der Waals surface area contributed by atoms with Gasteiger partial charge >= 0.3 is 0 Å². The average molecular weight is 394 g/mol. The van der Waals surface area contributed by atoms with Gasteiger partial charge in [0.15, 0.2) is 12.4 Å². The van der Waals surface area contributed by atoms with Crippen LogP contribution in [-0.4, -0.2) is 25.5 Å². The van der Waals surface area contributed by atoms with Crippen LogP contribution in [-0.2, 0) is 4.79 Å². The summed E-state index contributed by atoms with van der Waals surface area (Å²) in [7, 11) is 1.49. The third-order valence-corrected chi connectivity index (χ3v) is 4.18. The summed E-state index contributed by atoms with van der Waals surface area (Å²) in [5.74, 6) is 0.550. The number of hydrogen-bond acceptors (Lipinski definition) is 5. The topological polar surface area (TPSA) is 89.8 Å². The Labute approximate surface area is 168 Å². The summed E-state index contributed by atoms with van der Waals surface area (Å²) >= 11 is 0. The number of carbonyl (C=O) groups is 2. The molecule has 7 nitrogen and oxygen atoms in total. The van der Waals surface area contributed by atoms with Crippen molar-refractivity contribution >= 4 is 23.2 Å². The van der Waals surface area contributed by atoms with E-state index in [2.05, 4.69) is 10.6 Å². The van der Waals surface area contributed by atoms with Crippen LogP contribution in [0.4, 0.5) is 11.4 Å². The number of hydrogen-bond donors (Lipinski definition) is 2. The molecule has 0 saturated carbocycles. The van der Waals surface area contributed by atoms with Gasteiger partial charge in [0.1, 0.15) is 11.5 Å². The lowest BCUT2D eigenvalue weighted by atomic mass is 10.1. The molecule has 7 heteroatoms. The van der Waals surface area contributed by atoms with Gasteiger partial charge in [0.25, 0.3) is 11.8 Å². The summed E-state index contributed by atoms with van der Waals surface area (Å²) in [6, 6.07) is 13.9. The first-order valence-corrected chi connectivity index (χ1v) is 8.99. The molecule has 1 aromatic heterocycles. The summed E-state index contributed by atoms with van der Waals surface area (Å²) in [6.45, 7) is 3.75. The van der Waals surface area contributed by atoms with Crippen LogP contribution in [0, 0.1) is 13.8 Å². The molecule has 0 unspecified atom stereocenters. The van der Waals surface area contributed by atoms with Crippen molar-refractivity contribution in [2.75, 3.05) is 24.4 Å². The number of aryl methyl sites for hydroxylation is 2. The van der Waals surface area contributed by atoms with Gasteiger partial charge in [-0.2, -0.15) is 0 Å². The largest absolute Gasteiger partial charge is 0.495 e. The van der Waals surface area contributed by atoms with E-state index in [1.165, 1.54) is 13.4 Å². The van der Waals surface area contributed by atoms with Gasteiger partial charge in [0.05, 0.1) is 19.1 Å². The Morgan fingerprint density at radius 2 is 1.83 bits per heavy atom. The van der Waals surface area contributed by atoms with Crippen molar-refractivity contribution in [1.82, 2.24) is 0 Å². The minimum Gasteiger partial charge on any atom is -0.495 e. The Balaban J connectivity index is 1.66. The maximum absolute atomic E-state index is 12.3. The van der Waals surface area contributed by atoms with Gasteiger partial charge in [-0.1, -0.05) is 12.1 Å². The molecule has 2 amide bonds. The van der Waals surface area contributed by atoms with Crippen molar-refractivity contribution in [3.05, 3.63) is 71.7 Å². The first-order valence-electron chi connectivity index (χ1n) is 8.99. The van der Waals surface area contributed by atoms with Crippen LogP contribution in [0.5, 0.6) is 11.5 Å². The maximum atomic E-state index is 12.3. The molecule has 0 aliphatic carbocycles. The van der Waals surface area contributed by atoms with Crippen molar-refractivity contribution in [1.29, 1.82) is 0 Å². The van der Waals surface area contributed by atoms with Crippen molar-refractivity contribution in [3.8, 4) is 11.5 Å². The highest BCUT2D eigenvalue weighted by atomic mass is 16.5. The minimum absolute atomic E-state index is 0.135. The lowest BCUT2D eigenvalue weighted by molar-refractivity contribution is -0.118. The monoisotopic (exact) mass is 394 g/mol. The Kier molecular flexibility index (Phi) is 6.19. The summed E-state index contributed by atoms with van der Waals surface area (Å²) in [5.41, 5.74) is 2.91. The van der Waals surface area contributed by atoms with E-state index in [4.69, 9.17) is 13.9 Å². The third kappa shape index (κ3) is 5.16. The zero-order valence-corrected chi connectivity index (χ0v) is 16.4. The van der Waals surface area contributed by atoms with Crippen molar-refractivity contribution in [2.45, 2.75) is 13.8 Å². The molecule has 0 atom stereocenters. The van der Waals surface area contributed by atoms with E-state index < -0.39 is 5.91 Å². The highest BCUT2D eigenvalue weighted by Gasteiger charge is 2.14. The number of ether oxygens (including phenoxy) is 2. The second-order valence-corrected chi connectivity index (χ2v) is 6.45. The van der Waals surface area contributed by atoms with E-state index in [1.54, 1.807) is 30.3 Å². The predicted molar refractivity (Wildman–Crippen MR) is 110 cm³/mol. The molecule has 0 aliphatic rings. The molecule has 0 radical (unpaired) electrons. The summed E-state index contributed by atoms with van der Waals surface area (Å²) < 4.78 is 16.0. The molecule has 0 aliphatic heterocycles. The molecule has 29 heavy (non-hydrogen) atoms. The molecule has 3 aromatic rings. The Morgan fingerprint density at radius 3 is 2.55 bits per heavy atom. The van der Waals surface area contributed by atoms with Gasteiger partial charge in [-0.3, -0.25) is 9.59 Å². The van der Waals surface area contributed by atoms with Crippen LogP contribution in [0.3, 0.4) is 0 Å². The fraction of sp³-hybridized carbons (Fsp3) is 0.182. The normalized spacial score (nSPS) is 10.3. The fourth-order valence-corrected chi connectivity index (χ4v) is 2.68. The van der Waals surface area contributed by atoms with Crippen LogP contribution in [0.25, 0.3) is 0 Å². The second kappa shape index (κ2) is 8.97. The smallest absolute Gasteiger partial charge is 0.291 e. The van der Waals surface area contributed by atoms with Gasteiger partial charge in [0.2, 0.25) is 0 Å². The van der Waals surface area contributed by atoms with E-state index >= 15 is 0 Å². The molecule has 0 fully saturated rings. The van der Waals surface area contributed by atoms with Crippen molar-refractivity contribution < 1.29 is 23.5 Å². The number of furan rings is 1. The zero-order chi connectivity index (χ0) is 20.8. The molecule has 2 N–H and O–H groups in total. The summed E-state index contributed by atoms with van der Waals surface area (Å²) in [4.78, 5) is 24.5. The van der Waals surface area contributed by atoms with E-state index in [-0.39, 0.29) is 18.3 Å². The fourth-order valence-electron chi connectivity index (χ4n) is 2.68. The number of rotatable bonds is 7. The standard InChI is InChI=1S/C22H22N2O5/c1-14-6-7-15(2)20(11-14)29-13-21(25)23-16-8-9-18(27-3)17(12-16)24-22(26)19-5-4-10-28-19/h4-12H,13H2,1-3H3,(H,23,25)(H,24,26). The minimum atomic E-state index is -0.421. The van der Waals surface area contributed by atoms with Crippen LogP contribution in [0.1, 0.15) is 21.7 Å². The molecular formula is C22H22N2O5. The molecule has 0 spiro atoms. The average Bonchev–Trinajstić information content (AvgIpc) is 3.24. The number of carbonyl (C=O) groups excluding carboxylic acids is 2. The number of methoxy groups -OCH3 is 1. The van der Waals surface area contributed by atoms with Crippen LogP contribution >= 0.6 is 0 Å². The molecule has 1 heterocycles. The van der Waals surface area contributed by atoms with Crippen molar-refractivity contribution in [2.24, 2.45) is 0 Å². The van der Waals surface area contributed by atoms with Crippen molar-refractivity contribution in [3.63, 3.8) is 0 Å². The molecule has 2 aromatic carbocycles. The second-order valence-electron chi connectivity index (χ2n) is 6.45. The highest BCUT2D eigenvalue weighted by molar-refractivity contribution is 6.03. The molecule has 3 rings (SSSR count). The lowest BCUT2D eigenvalue weighted by Crippen LogP contribution is -2.20. The number of anilines is 2. The summed E-state index contributed by atoms with van der Waals surface area (Å²) in [5, 5.41) is 5.46. The van der Waals surface area contributed by atoms with E-state index in [0.29, 0.717) is 22.9 Å². The SMILES string of the molecule is COc1ccc(NC(=O)COc2cc(C)ccc2C)cc1NC(=O)c1ccco1. The van der Waals surface area contributed by atoms with E-state index in [9.17, 15) is 9.59 Å². The van der Waals surface area contributed by atoms with Gasteiger partial charge in [-0.25, -0.2) is 0 Å². The number of nitrogens with one attached hydrogen (secondary N) is 2. The number of amides is 2. The van der Waals surface area contributed by atoms with Gasteiger partial charge in [-0.15, -0.1) is 0 Å². The van der Waals surface area contributed by atoms with E-state index in [1.807, 2.05) is 32.0 Å². The summed E-state index contributed by atoms with van der Waals surface area (Å²) in [6.07, 6.45) is 1.42. The molecule has 150 valence electrons. The first kappa shape index (κ1) is 20.0. The highest BCUT2D eigenvalue weighted by Crippen LogP contribution is 2.28. The third-order valence-electron chi connectivity index (χ3n) is 4.18. The zero-order valence-electron chi connectivity index (χ0n) is 16.4. The Bertz CT molecular complexity index is 1010. The number of benzene rings is 2. The Hall–Kier alpha value is -3.74. The van der Waals surface area contributed by atoms with Crippen LogP contribution < -0.4 is 20.1 Å². The van der Waals surface area contributed by atoms with Gasteiger partial charge in [-0.05, 0) is 61.4 Å². The lowest BCUT2D eigenvalue weighted by Gasteiger charge is -2.13. The quantitative estimate of drug-likeness (QED) is 0.628. The first-order chi connectivity index (χ1) is 14.0. The van der Waals surface area contributed by atoms with E-state index in [0.717, 1.165) is 11.1 Å². The molecular weight excluding hydrogens is 372 g/mol. The van der Waals surface area contributed by atoms with Crippen LogP contribution in [0.15, 0.2) is 59.2 Å². The molecule has 0 saturated heterocycles. The van der Waals surface area contributed by atoms with Gasteiger partial charge in [0, 0.05) is 5.69 Å². The van der Waals surface area contributed by atoms with Crippen LogP contribution in [0.2, 0.25) is 0 Å². The predicted octanol–water partition coefficient (Wildman–Crippen LogP) is 4.17. The Morgan fingerprint density at radius 1 is 1.00 bits per heavy atom. The maximum Gasteiger partial charge on any atom is 0.291 e. The van der Waals surface area contributed by atoms with Gasteiger partial charge < -0.3 is 24.5 Å². The molecule has 0 bridgehead atoms.